The summed E-state index contributed by atoms with van der Waals surface area (Å²) >= 11 is 0. The lowest BCUT2D eigenvalue weighted by Gasteiger charge is -2.27. The van der Waals surface area contributed by atoms with Crippen LogP contribution in [0.2, 0.25) is 0 Å². The molecule has 2 aliphatic heterocycles. The molecule has 2 aliphatic rings. The van der Waals surface area contributed by atoms with Gasteiger partial charge in [0.15, 0.2) is 0 Å². The normalized spacial score (nSPS) is 34.0. The lowest BCUT2D eigenvalue weighted by atomic mass is 10.1. The van der Waals surface area contributed by atoms with E-state index in [1.165, 1.54) is 0 Å². The molecule has 0 spiro atoms. The summed E-state index contributed by atoms with van der Waals surface area (Å²) in [4.78, 5) is 13.6. The molecular formula is C11H20N2O3. The maximum absolute atomic E-state index is 11.9. The minimum absolute atomic E-state index is 0.0209. The van der Waals surface area contributed by atoms with Gasteiger partial charge in [-0.1, -0.05) is 0 Å². The minimum atomic E-state index is -0.480. The van der Waals surface area contributed by atoms with Gasteiger partial charge in [0.05, 0.1) is 24.7 Å². The van der Waals surface area contributed by atoms with Gasteiger partial charge in [-0.2, -0.15) is 0 Å². The van der Waals surface area contributed by atoms with Crippen molar-refractivity contribution in [3.05, 3.63) is 0 Å². The number of fused-ring (bicyclic) bond motifs is 1. The molecule has 0 bridgehead atoms. The molecule has 16 heavy (non-hydrogen) atoms. The first-order valence-corrected chi connectivity index (χ1v) is 5.79. The molecule has 1 amide bonds. The topological polar surface area (TPSA) is 61.8 Å². The number of hydrogen-bond acceptors (Lipinski definition) is 4. The van der Waals surface area contributed by atoms with Crippen molar-refractivity contribution >= 4 is 6.09 Å². The fourth-order valence-corrected chi connectivity index (χ4v) is 2.44. The molecule has 92 valence electrons. The van der Waals surface area contributed by atoms with Crippen LogP contribution in [0.3, 0.4) is 0 Å². The first-order chi connectivity index (χ1) is 7.38. The number of nitrogens with one attached hydrogen (secondary N) is 1. The summed E-state index contributed by atoms with van der Waals surface area (Å²) in [6.07, 6.45) is 0.101. The molecule has 0 aliphatic carbocycles. The molecular weight excluding hydrogens is 208 g/mol. The summed E-state index contributed by atoms with van der Waals surface area (Å²) in [5, 5.41) is 13.0. The van der Waals surface area contributed by atoms with Crippen LogP contribution in [0.25, 0.3) is 0 Å². The van der Waals surface area contributed by atoms with Crippen LogP contribution in [0.1, 0.15) is 27.2 Å². The summed E-state index contributed by atoms with van der Waals surface area (Å²) in [6, 6.07) is 0.109. The molecule has 2 saturated heterocycles. The highest BCUT2D eigenvalue weighted by Gasteiger charge is 2.46. The molecule has 0 aromatic rings. The van der Waals surface area contributed by atoms with Gasteiger partial charge in [0.25, 0.3) is 0 Å². The van der Waals surface area contributed by atoms with Crippen LogP contribution >= 0.6 is 0 Å². The molecule has 2 N–H and O–H groups in total. The highest BCUT2D eigenvalue weighted by Crippen LogP contribution is 2.27. The summed E-state index contributed by atoms with van der Waals surface area (Å²) in [7, 11) is 0. The van der Waals surface area contributed by atoms with Crippen molar-refractivity contribution in [1.82, 2.24) is 10.2 Å². The third-order valence-electron chi connectivity index (χ3n) is 3.06. The SMILES string of the molecule is CC(C)(C)OC(=O)N1C[C@@H](O)[C@@H]2NCC[C@@H]21. The van der Waals surface area contributed by atoms with Crippen molar-refractivity contribution in [1.29, 1.82) is 0 Å². The fraction of sp³-hybridized carbons (Fsp3) is 0.909. The van der Waals surface area contributed by atoms with Crippen LogP contribution in [0.4, 0.5) is 4.79 Å². The van der Waals surface area contributed by atoms with E-state index in [9.17, 15) is 9.90 Å². The molecule has 0 saturated carbocycles. The number of β-amino-alcohol motifs (C(OH)–C–C–N with tert-alkyl or cyclic N) is 1. The quantitative estimate of drug-likeness (QED) is 0.627. The maximum atomic E-state index is 11.9. The van der Waals surface area contributed by atoms with E-state index >= 15 is 0 Å². The maximum Gasteiger partial charge on any atom is 0.410 e. The second-order valence-electron chi connectivity index (χ2n) is 5.54. The van der Waals surface area contributed by atoms with Gasteiger partial charge in [0.1, 0.15) is 5.60 Å². The zero-order valence-electron chi connectivity index (χ0n) is 10.1. The average Bonchev–Trinajstić information content (AvgIpc) is 2.66. The number of rotatable bonds is 0. The van der Waals surface area contributed by atoms with Crippen molar-refractivity contribution in [2.45, 2.75) is 51.0 Å². The van der Waals surface area contributed by atoms with Crippen molar-refractivity contribution in [2.75, 3.05) is 13.1 Å². The molecule has 2 rings (SSSR count). The van der Waals surface area contributed by atoms with Crippen molar-refractivity contribution in [3.8, 4) is 0 Å². The third-order valence-corrected chi connectivity index (χ3v) is 3.06. The van der Waals surface area contributed by atoms with Crippen LogP contribution in [-0.4, -0.2) is 53.0 Å². The summed E-state index contributed by atoms with van der Waals surface area (Å²) < 4.78 is 5.33. The highest BCUT2D eigenvalue weighted by molar-refractivity contribution is 5.69. The number of hydrogen-bond donors (Lipinski definition) is 2. The number of aliphatic hydroxyl groups is 1. The second-order valence-corrected chi connectivity index (χ2v) is 5.54. The van der Waals surface area contributed by atoms with E-state index in [-0.39, 0.29) is 18.2 Å². The largest absolute Gasteiger partial charge is 0.444 e. The van der Waals surface area contributed by atoms with Gasteiger partial charge in [-0.05, 0) is 33.7 Å². The lowest BCUT2D eigenvalue weighted by Crippen LogP contribution is -2.41. The van der Waals surface area contributed by atoms with Crippen LogP contribution in [0, 0.1) is 0 Å². The number of amides is 1. The lowest BCUT2D eigenvalue weighted by molar-refractivity contribution is 0.0209. The first kappa shape index (κ1) is 11.7. The Balaban J connectivity index is 2.02. The minimum Gasteiger partial charge on any atom is -0.444 e. The van der Waals surface area contributed by atoms with E-state index in [1.807, 2.05) is 20.8 Å². The number of ether oxygens (including phenoxy) is 1. The number of nitrogens with zero attached hydrogens (tertiary/aromatic N) is 1. The number of carbonyl (C=O) groups excluding carboxylic acids is 1. The number of aliphatic hydroxyl groups excluding tert-OH is 1. The molecule has 0 unspecified atom stereocenters. The standard InChI is InChI=1S/C11H20N2O3/c1-11(2,3)16-10(15)13-6-8(14)9-7(13)4-5-12-9/h7-9,12,14H,4-6H2,1-3H3/t7-,8+,9+/m0/s1. The van der Waals surface area contributed by atoms with Gasteiger partial charge in [0.2, 0.25) is 0 Å². The summed E-state index contributed by atoms with van der Waals surface area (Å²) in [5.74, 6) is 0. The molecule has 5 heteroatoms. The zero-order valence-corrected chi connectivity index (χ0v) is 10.1. The Hall–Kier alpha value is -0.810. The second kappa shape index (κ2) is 3.89. The fourth-order valence-electron chi connectivity index (χ4n) is 2.44. The number of likely N-dealkylation sites (tertiary alicyclic amines) is 1. The van der Waals surface area contributed by atoms with Crippen LogP contribution in [0.15, 0.2) is 0 Å². The Bertz CT molecular complexity index is 287. The molecule has 5 nitrogen and oxygen atoms in total. The van der Waals surface area contributed by atoms with Gasteiger partial charge >= 0.3 is 6.09 Å². The molecule has 0 aromatic heterocycles. The molecule has 2 fully saturated rings. The highest BCUT2D eigenvalue weighted by atomic mass is 16.6. The Labute approximate surface area is 95.8 Å². The van der Waals surface area contributed by atoms with Crippen LogP contribution in [0.5, 0.6) is 0 Å². The van der Waals surface area contributed by atoms with Gasteiger partial charge in [-0.3, -0.25) is 0 Å². The van der Waals surface area contributed by atoms with E-state index < -0.39 is 11.7 Å². The van der Waals surface area contributed by atoms with E-state index in [2.05, 4.69) is 5.32 Å². The Morgan fingerprint density at radius 2 is 2.19 bits per heavy atom. The summed E-state index contributed by atoms with van der Waals surface area (Å²) in [5.41, 5.74) is -0.480. The predicted octanol–water partition coefficient (Wildman–Crippen LogP) is 0.328. The van der Waals surface area contributed by atoms with Gasteiger partial charge < -0.3 is 20.1 Å². The van der Waals surface area contributed by atoms with Gasteiger partial charge in [0, 0.05) is 0 Å². The van der Waals surface area contributed by atoms with Crippen molar-refractivity contribution in [3.63, 3.8) is 0 Å². The number of carbonyl (C=O) groups is 1. The zero-order chi connectivity index (χ0) is 11.9. The molecule has 0 radical (unpaired) electrons. The van der Waals surface area contributed by atoms with E-state index in [1.54, 1.807) is 4.90 Å². The average molecular weight is 228 g/mol. The third kappa shape index (κ3) is 2.15. The predicted molar refractivity (Wildman–Crippen MR) is 59.1 cm³/mol. The van der Waals surface area contributed by atoms with E-state index in [0.717, 1.165) is 13.0 Å². The first-order valence-electron chi connectivity index (χ1n) is 5.79. The van der Waals surface area contributed by atoms with Crippen molar-refractivity contribution in [2.24, 2.45) is 0 Å². The Morgan fingerprint density at radius 1 is 1.50 bits per heavy atom. The smallest absolute Gasteiger partial charge is 0.410 e. The van der Waals surface area contributed by atoms with Gasteiger partial charge in [-0.15, -0.1) is 0 Å². The van der Waals surface area contributed by atoms with Crippen molar-refractivity contribution < 1.29 is 14.6 Å². The molecule has 3 atom stereocenters. The molecule has 0 aromatic carbocycles. The Kier molecular flexibility index (Phi) is 2.84. The monoisotopic (exact) mass is 228 g/mol. The van der Waals surface area contributed by atoms with E-state index in [0.29, 0.717) is 6.54 Å². The van der Waals surface area contributed by atoms with Crippen LogP contribution in [-0.2, 0) is 4.74 Å². The van der Waals surface area contributed by atoms with Crippen LogP contribution < -0.4 is 5.32 Å². The van der Waals surface area contributed by atoms with Gasteiger partial charge in [-0.25, -0.2) is 4.79 Å². The Morgan fingerprint density at radius 3 is 2.81 bits per heavy atom. The summed E-state index contributed by atoms with van der Waals surface area (Å²) in [6.45, 7) is 6.77. The molecule has 2 heterocycles. The van der Waals surface area contributed by atoms with E-state index in [4.69, 9.17) is 4.74 Å².